The van der Waals surface area contributed by atoms with Crippen LogP contribution < -0.4 is 5.73 Å². The first-order chi connectivity index (χ1) is 5.54. The van der Waals surface area contributed by atoms with Gasteiger partial charge in [-0.1, -0.05) is 0 Å². The van der Waals surface area contributed by atoms with E-state index in [4.69, 9.17) is 5.11 Å². The molecule has 5 heteroatoms. The molecule has 12 heavy (non-hydrogen) atoms. The number of carboxylic acid groups (broad SMARTS) is 1. The number of likely N-dealkylation sites (tertiary alicyclic amines) is 1. The van der Waals surface area contributed by atoms with Gasteiger partial charge in [-0.15, -0.1) is 0 Å². The third kappa shape index (κ3) is 5.67. The molecule has 0 spiro atoms. The minimum Gasteiger partial charge on any atom is -0.474 e. The fraction of sp³-hybridized carbons (Fsp3) is 0.714. The van der Waals surface area contributed by atoms with Gasteiger partial charge >= 0.3 is 11.9 Å². The van der Waals surface area contributed by atoms with Crippen molar-refractivity contribution < 1.29 is 14.7 Å². The molecular formula is C7H14N2O3. The van der Waals surface area contributed by atoms with Crippen LogP contribution in [0.25, 0.3) is 0 Å². The number of carbonyl (C=O) groups excluding carboxylic acids is 1. The third-order valence-electron chi connectivity index (χ3n) is 1.54. The Labute approximate surface area is 71.1 Å². The van der Waals surface area contributed by atoms with E-state index in [1.54, 1.807) is 0 Å². The summed E-state index contributed by atoms with van der Waals surface area (Å²) in [4.78, 5) is 20.9. The van der Waals surface area contributed by atoms with E-state index < -0.39 is 11.9 Å². The van der Waals surface area contributed by atoms with Crippen LogP contribution in [-0.2, 0) is 9.59 Å². The minimum atomic E-state index is -1.60. The van der Waals surface area contributed by atoms with E-state index >= 15 is 0 Å². The number of primary amides is 1. The summed E-state index contributed by atoms with van der Waals surface area (Å²) in [6, 6.07) is 0. The molecule has 0 radical (unpaired) electrons. The Bertz CT molecular complexity index is 152. The van der Waals surface area contributed by atoms with Crippen molar-refractivity contribution in [2.75, 3.05) is 20.1 Å². The van der Waals surface area contributed by atoms with Crippen molar-refractivity contribution in [3.63, 3.8) is 0 Å². The van der Waals surface area contributed by atoms with Crippen LogP contribution in [0.15, 0.2) is 0 Å². The van der Waals surface area contributed by atoms with Crippen LogP contribution >= 0.6 is 0 Å². The van der Waals surface area contributed by atoms with E-state index in [0.29, 0.717) is 0 Å². The van der Waals surface area contributed by atoms with Crippen molar-refractivity contribution in [2.45, 2.75) is 12.8 Å². The second-order valence-electron chi connectivity index (χ2n) is 2.68. The highest BCUT2D eigenvalue weighted by atomic mass is 16.4. The van der Waals surface area contributed by atoms with Crippen molar-refractivity contribution >= 4 is 11.9 Å². The lowest BCUT2D eigenvalue weighted by Gasteiger charge is -2.01. The first kappa shape index (κ1) is 10.9. The maximum Gasteiger partial charge on any atom is 0.394 e. The summed E-state index contributed by atoms with van der Waals surface area (Å²) in [5.41, 5.74) is 4.20. The third-order valence-corrected chi connectivity index (χ3v) is 1.54. The molecular weight excluding hydrogens is 160 g/mol. The predicted molar refractivity (Wildman–Crippen MR) is 43.6 cm³/mol. The van der Waals surface area contributed by atoms with Crippen molar-refractivity contribution in [1.29, 1.82) is 0 Å². The van der Waals surface area contributed by atoms with Gasteiger partial charge in [-0.25, -0.2) is 4.79 Å². The van der Waals surface area contributed by atoms with Crippen LogP contribution in [0.2, 0.25) is 0 Å². The quantitative estimate of drug-likeness (QED) is 0.474. The van der Waals surface area contributed by atoms with E-state index in [2.05, 4.69) is 17.7 Å². The number of aliphatic carboxylic acids is 1. The molecule has 1 aliphatic rings. The number of carbonyl (C=O) groups is 2. The standard InChI is InChI=1S/C5H11N.C2H3NO3/c1-6-4-2-3-5-6;3-1(4)2(5)6/h2-5H2,1H3;(H2,3,4)(H,5,6). The molecule has 0 bridgehead atoms. The molecule has 1 aliphatic heterocycles. The van der Waals surface area contributed by atoms with E-state index in [1.807, 2.05) is 0 Å². The Morgan fingerprint density at radius 2 is 1.67 bits per heavy atom. The Balaban J connectivity index is 0.000000202. The second-order valence-corrected chi connectivity index (χ2v) is 2.68. The number of amides is 1. The molecule has 1 fully saturated rings. The van der Waals surface area contributed by atoms with Crippen LogP contribution in [-0.4, -0.2) is 42.0 Å². The van der Waals surface area contributed by atoms with E-state index in [1.165, 1.54) is 25.9 Å². The summed E-state index contributed by atoms with van der Waals surface area (Å²) in [7, 11) is 2.17. The highest BCUT2D eigenvalue weighted by molar-refractivity contribution is 6.30. The number of rotatable bonds is 0. The summed E-state index contributed by atoms with van der Waals surface area (Å²) in [6.07, 6.45) is 2.83. The molecule has 0 aromatic carbocycles. The van der Waals surface area contributed by atoms with Gasteiger partial charge in [-0.3, -0.25) is 4.79 Å². The highest BCUT2D eigenvalue weighted by Gasteiger charge is 2.03. The molecule has 0 aromatic heterocycles. The van der Waals surface area contributed by atoms with Crippen molar-refractivity contribution in [3.8, 4) is 0 Å². The molecule has 0 saturated carbocycles. The van der Waals surface area contributed by atoms with Gasteiger partial charge in [0.05, 0.1) is 0 Å². The van der Waals surface area contributed by atoms with Gasteiger partial charge in [0.1, 0.15) is 0 Å². The Kier molecular flexibility index (Phi) is 5.03. The topological polar surface area (TPSA) is 83.6 Å². The van der Waals surface area contributed by atoms with Crippen LogP contribution in [0, 0.1) is 0 Å². The van der Waals surface area contributed by atoms with E-state index in [-0.39, 0.29) is 0 Å². The van der Waals surface area contributed by atoms with E-state index in [9.17, 15) is 9.59 Å². The summed E-state index contributed by atoms with van der Waals surface area (Å²) < 4.78 is 0. The first-order valence-electron chi connectivity index (χ1n) is 3.75. The predicted octanol–water partition coefficient (Wildman–Crippen LogP) is -0.732. The van der Waals surface area contributed by atoms with Gasteiger partial charge in [0.15, 0.2) is 0 Å². The molecule has 0 aromatic rings. The number of hydrogen-bond donors (Lipinski definition) is 2. The Morgan fingerprint density at radius 3 is 1.75 bits per heavy atom. The maximum absolute atomic E-state index is 9.32. The average Bonchev–Trinajstić information content (AvgIpc) is 2.40. The minimum absolute atomic E-state index is 1.32. The van der Waals surface area contributed by atoms with Crippen molar-refractivity contribution in [3.05, 3.63) is 0 Å². The van der Waals surface area contributed by atoms with Crippen molar-refractivity contribution in [1.82, 2.24) is 4.90 Å². The molecule has 0 atom stereocenters. The monoisotopic (exact) mass is 174 g/mol. The largest absolute Gasteiger partial charge is 0.474 e. The van der Waals surface area contributed by atoms with Gasteiger partial charge in [-0.2, -0.15) is 0 Å². The lowest BCUT2D eigenvalue weighted by Crippen LogP contribution is -2.21. The Hall–Kier alpha value is -1.10. The molecule has 1 rings (SSSR count). The number of nitrogens with two attached hydrogens (primary N) is 1. The zero-order chi connectivity index (χ0) is 9.56. The molecule has 0 unspecified atom stereocenters. The fourth-order valence-corrected chi connectivity index (χ4v) is 0.875. The SMILES string of the molecule is CN1CCCC1.NC(=O)C(=O)O. The summed E-state index contributed by atoms with van der Waals surface area (Å²) in [6.45, 7) is 2.64. The Morgan fingerprint density at radius 1 is 1.33 bits per heavy atom. The van der Waals surface area contributed by atoms with Crippen LogP contribution in [0.3, 0.4) is 0 Å². The van der Waals surface area contributed by atoms with Crippen LogP contribution in [0.1, 0.15) is 12.8 Å². The van der Waals surface area contributed by atoms with Gasteiger partial charge in [0, 0.05) is 0 Å². The average molecular weight is 174 g/mol. The summed E-state index contributed by atoms with van der Waals surface area (Å²) in [5.74, 6) is -2.93. The maximum atomic E-state index is 9.32. The van der Waals surface area contributed by atoms with Crippen LogP contribution in [0.4, 0.5) is 0 Å². The molecule has 1 heterocycles. The zero-order valence-corrected chi connectivity index (χ0v) is 7.12. The summed E-state index contributed by atoms with van der Waals surface area (Å²) in [5, 5.41) is 7.52. The van der Waals surface area contributed by atoms with Gasteiger partial charge in [-0.05, 0) is 33.0 Å². The van der Waals surface area contributed by atoms with Gasteiger partial charge < -0.3 is 15.7 Å². The number of carboxylic acids is 1. The second kappa shape index (κ2) is 5.54. The molecule has 0 aliphatic carbocycles. The first-order valence-corrected chi connectivity index (χ1v) is 3.75. The molecule has 3 N–H and O–H groups in total. The number of hydrogen-bond acceptors (Lipinski definition) is 3. The molecule has 1 amide bonds. The smallest absolute Gasteiger partial charge is 0.394 e. The fourth-order valence-electron chi connectivity index (χ4n) is 0.875. The zero-order valence-electron chi connectivity index (χ0n) is 7.12. The number of nitrogens with zero attached hydrogens (tertiary/aromatic N) is 1. The highest BCUT2D eigenvalue weighted by Crippen LogP contribution is 2.01. The lowest BCUT2D eigenvalue weighted by atomic mass is 10.4. The van der Waals surface area contributed by atoms with Gasteiger partial charge in [0.25, 0.3) is 0 Å². The lowest BCUT2D eigenvalue weighted by molar-refractivity contribution is -0.148. The summed E-state index contributed by atoms with van der Waals surface area (Å²) >= 11 is 0. The normalized spacial score (nSPS) is 16.4. The molecule has 5 nitrogen and oxygen atoms in total. The van der Waals surface area contributed by atoms with E-state index in [0.717, 1.165) is 0 Å². The molecule has 1 saturated heterocycles. The van der Waals surface area contributed by atoms with Crippen molar-refractivity contribution in [2.24, 2.45) is 5.73 Å². The van der Waals surface area contributed by atoms with Gasteiger partial charge in [0.2, 0.25) is 0 Å². The molecule has 70 valence electrons. The van der Waals surface area contributed by atoms with Crippen LogP contribution in [0.5, 0.6) is 0 Å².